The number of aliphatic hydroxyl groups is 1. The highest BCUT2D eigenvalue weighted by Gasteiger charge is 2.37. The quantitative estimate of drug-likeness (QED) is 0.291. The third-order valence-electron chi connectivity index (χ3n) is 4.83. The first-order valence-electron chi connectivity index (χ1n) is 9.11. The number of rotatable bonds is 3. The number of furan rings is 1. The van der Waals surface area contributed by atoms with Crippen molar-refractivity contribution in [3.05, 3.63) is 74.8 Å². The van der Waals surface area contributed by atoms with E-state index in [4.69, 9.17) is 21.4 Å². The standard InChI is InChI=1S/C21H20N2O4S2/c1-10-6-7-14(26-10)13-9-15(27-20(25)18(13)12(3)24)17-11(2)22-21(28)23-19(17)16-5-4-8-29-16/h4-9,11,13,24H,1-3H3,(H2,22,23,28)/b18-12+. The number of hydrogen-bond donors (Lipinski definition) is 3. The van der Waals surface area contributed by atoms with Crippen LogP contribution in [0.3, 0.4) is 0 Å². The molecule has 2 aromatic heterocycles. The lowest BCUT2D eigenvalue weighted by Crippen LogP contribution is -2.47. The fourth-order valence-electron chi connectivity index (χ4n) is 3.57. The molecule has 0 aliphatic carbocycles. The van der Waals surface area contributed by atoms with E-state index in [1.54, 1.807) is 17.4 Å². The minimum Gasteiger partial charge on any atom is -0.512 e. The van der Waals surface area contributed by atoms with Crippen LogP contribution in [0.5, 0.6) is 0 Å². The van der Waals surface area contributed by atoms with Gasteiger partial charge in [-0.15, -0.1) is 11.3 Å². The molecule has 2 aliphatic heterocycles. The largest absolute Gasteiger partial charge is 0.512 e. The van der Waals surface area contributed by atoms with Crippen LogP contribution in [0, 0.1) is 6.92 Å². The van der Waals surface area contributed by atoms with Crippen LogP contribution >= 0.6 is 23.6 Å². The Labute approximate surface area is 177 Å². The number of thiophene rings is 1. The predicted octanol–water partition coefficient (Wildman–Crippen LogP) is 4.28. The molecular formula is C21H20N2O4S2. The first-order valence-corrected chi connectivity index (χ1v) is 10.4. The number of cyclic esters (lactones) is 1. The molecule has 150 valence electrons. The Balaban J connectivity index is 1.90. The monoisotopic (exact) mass is 428 g/mol. The molecule has 0 amide bonds. The van der Waals surface area contributed by atoms with Crippen molar-refractivity contribution in [1.29, 1.82) is 0 Å². The van der Waals surface area contributed by atoms with Gasteiger partial charge in [0.05, 0.1) is 28.1 Å². The number of hydrogen-bond acceptors (Lipinski definition) is 6. The Morgan fingerprint density at radius 1 is 1.31 bits per heavy atom. The number of esters is 1. The van der Waals surface area contributed by atoms with Gasteiger partial charge in [0.25, 0.3) is 0 Å². The molecule has 2 unspecified atom stereocenters. The van der Waals surface area contributed by atoms with Gasteiger partial charge in [0.15, 0.2) is 5.11 Å². The molecule has 2 aliphatic rings. The van der Waals surface area contributed by atoms with Gasteiger partial charge in [0.1, 0.15) is 23.0 Å². The summed E-state index contributed by atoms with van der Waals surface area (Å²) in [4.78, 5) is 13.8. The number of allylic oxidation sites excluding steroid dienone is 2. The summed E-state index contributed by atoms with van der Waals surface area (Å²) in [5, 5.41) is 19.0. The summed E-state index contributed by atoms with van der Waals surface area (Å²) in [6, 6.07) is 7.39. The lowest BCUT2D eigenvalue weighted by Gasteiger charge is -2.32. The average Bonchev–Trinajstić information content (AvgIpc) is 3.31. The van der Waals surface area contributed by atoms with E-state index < -0.39 is 11.9 Å². The molecule has 0 fully saturated rings. The second-order valence-electron chi connectivity index (χ2n) is 6.93. The van der Waals surface area contributed by atoms with Crippen molar-refractivity contribution >= 4 is 40.3 Å². The van der Waals surface area contributed by atoms with E-state index in [1.165, 1.54) is 6.92 Å². The van der Waals surface area contributed by atoms with Crippen molar-refractivity contribution in [2.75, 3.05) is 0 Å². The van der Waals surface area contributed by atoms with Crippen LogP contribution in [0.15, 0.2) is 62.8 Å². The zero-order valence-electron chi connectivity index (χ0n) is 16.1. The Morgan fingerprint density at radius 2 is 2.10 bits per heavy atom. The topological polar surface area (TPSA) is 83.7 Å². The van der Waals surface area contributed by atoms with Gasteiger partial charge in [-0.25, -0.2) is 4.79 Å². The molecule has 4 heterocycles. The van der Waals surface area contributed by atoms with Crippen molar-refractivity contribution in [3.8, 4) is 0 Å². The van der Waals surface area contributed by atoms with Gasteiger partial charge in [-0.05, 0) is 62.6 Å². The van der Waals surface area contributed by atoms with Crippen LogP contribution in [-0.4, -0.2) is 22.2 Å². The smallest absolute Gasteiger partial charge is 0.343 e. The van der Waals surface area contributed by atoms with E-state index in [2.05, 4.69) is 10.6 Å². The Hall–Kier alpha value is -2.84. The summed E-state index contributed by atoms with van der Waals surface area (Å²) in [5.74, 6) is 0.465. The second kappa shape index (κ2) is 7.53. The molecular weight excluding hydrogens is 408 g/mol. The van der Waals surface area contributed by atoms with Crippen molar-refractivity contribution in [3.63, 3.8) is 0 Å². The first-order chi connectivity index (χ1) is 13.8. The SMILES string of the molecule is C/C(O)=C1\C(=O)OC(C2=C(c3cccs3)NC(=S)NC2C)=CC1c1ccc(C)o1. The molecule has 0 spiro atoms. The highest BCUT2D eigenvalue weighted by molar-refractivity contribution is 7.80. The Morgan fingerprint density at radius 3 is 2.72 bits per heavy atom. The molecule has 4 rings (SSSR count). The molecule has 0 saturated carbocycles. The molecule has 6 nitrogen and oxygen atoms in total. The number of ether oxygens (including phenoxy) is 1. The summed E-state index contributed by atoms with van der Waals surface area (Å²) in [6.45, 7) is 5.26. The molecule has 29 heavy (non-hydrogen) atoms. The molecule has 0 aromatic carbocycles. The number of aryl methyl sites for hydroxylation is 1. The van der Waals surface area contributed by atoms with Crippen LogP contribution in [-0.2, 0) is 9.53 Å². The number of nitrogens with one attached hydrogen (secondary N) is 2. The average molecular weight is 429 g/mol. The number of carbonyl (C=O) groups excluding carboxylic acids is 1. The fourth-order valence-corrected chi connectivity index (χ4v) is 4.59. The van der Waals surface area contributed by atoms with Gasteiger partial charge in [-0.3, -0.25) is 0 Å². The molecule has 8 heteroatoms. The van der Waals surface area contributed by atoms with Crippen molar-refractivity contribution in [1.82, 2.24) is 10.6 Å². The highest BCUT2D eigenvalue weighted by Crippen LogP contribution is 2.39. The molecule has 2 atom stereocenters. The van der Waals surface area contributed by atoms with E-state index in [-0.39, 0.29) is 17.4 Å². The predicted molar refractivity (Wildman–Crippen MR) is 115 cm³/mol. The van der Waals surface area contributed by atoms with Gasteiger partial charge < -0.3 is 24.9 Å². The summed E-state index contributed by atoms with van der Waals surface area (Å²) in [5.41, 5.74) is 1.76. The number of thiocarbonyl (C=S) groups is 1. The normalized spacial score (nSPS) is 23.9. The van der Waals surface area contributed by atoms with Gasteiger partial charge in [-0.2, -0.15) is 0 Å². The Kier molecular flexibility index (Phi) is 5.06. The summed E-state index contributed by atoms with van der Waals surface area (Å²) >= 11 is 6.90. The third kappa shape index (κ3) is 3.61. The number of aliphatic hydroxyl groups excluding tert-OH is 1. The van der Waals surface area contributed by atoms with Crippen LogP contribution in [0.25, 0.3) is 5.70 Å². The van der Waals surface area contributed by atoms with Crippen LogP contribution in [0.1, 0.15) is 36.2 Å². The maximum absolute atomic E-state index is 12.8. The molecule has 0 bridgehead atoms. The zero-order chi connectivity index (χ0) is 20.7. The lowest BCUT2D eigenvalue weighted by molar-refractivity contribution is -0.136. The maximum Gasteiger partial charge on any atom is 0.343 e. The molecule has 3 N–H and O–H groups in total. The van der Waals surface area contributed by atoms with Crippen LogP contribution in [0.4, 0.5) is 0 Å². The van der Waals surface area contributed by atoms with Crippen LogP contribution < -0.4 is 10.6 Å². The van der Waals surface area contributed by atoms with E-state index in [0.29, 0.717) is 16.6 Å². The van der Waals surface area contributed by atoms with Gasteiger partial charge in [0, 0.05) is 5.57 Å². The zero-order valence-corrected chi connectivity index (χ0v) is 17.7. The van der Waals surface area contributed by atoms with Gasteiger partial charge in [-0.1, -0.05) is 6.07 Å². The lowest BCUT2D eigenvalue weighted by atomic mass is 9.89. The second-order valence-corrected chi connectivity index (χ2v) is 8.29. The van der Waals surface area contributed by atoms with E-state index >= 15 is 0 Å². The highest BCUT2D eigenvalue weighted by atomic mass is 32.1. The van der Waals surface area contributed by atoms with Crippen molar-refractivity contribution < 1.29 is 19.1 Å². The summed E-state index contributed by atoms with van der Waals surface area (Å²) in [6.07, 6.45) is 1.81. The minimum atomic E-state index is -0.597. The van der Waals surface area contributed by atoms with Crippen molar-refractivity contribution in [2.24, 2.45) is 0 Å². The number of carbonyl (C=O) groups is 1. The summed E-state index contributed by atoms with van der Waals surface area (Å²) in [7, 11) is 0. The molecule has 2 aromatic rings. The van der Waals surface area contributed by atoms with E-state index in [0.717, 1.165) is 21.9 Å². The molecule has 0 radical (unpaired) electrons. The van der Waals surface area contributed by atoms with Gasteiger partial charge >= 0.3 is 5.97 Å². The maximum atomic E-state index is 12.8. The van der Waals surface area contributed by atoms with Gasteiger partial charge in [0.2, 0.25) is 0 Å². The van der Waals surface area contributed by atoms with E-state index in [9.17, 15) is 9.90 Å². The fraction of sp³-hybridized carbons (Fsp3) is 0.238. The van der Waals surface area contributed by atoms with E-state index in [1.807, 2.05) is 43.5 Å². The Bertz CT molecular complexity index is 1070. The third-order valence-corrected chi connectivity index (χ3v) is 5.94. The van der Waals surface area contributed by atoms with Crippen molar-refractivity contribution in [2.45, 2.75) is 32.7 Å². The first kappa shape index (κ1) is 19.5. The molecule has 0 saturated heterocycles. The minimum absolute atomic E-state index is 0.0917. The van der Waals surface area contributed by atoms with Crippen LogP contribution in [0.2, 0.25) is 0 Å². The summed E-state index contributed by atoms with van der Waals surface area (Å²) < 4.78 is 11.4.